The van der Waals surface area contributed by atoms with E-state index in [9.17, 15) is 4.79 Å². The monoisotopic (exact) mass is 371 g/mol. The van der Waals surface area contributed by atoms with Crippen molar-refractivity contribution < 1.29 is 9.53 Å². The number of anilines is 1. The maximum Gasteiger partial charge on any atom is 0.231 e. The number of fused-ring (bicyclic) bond motifs is 1. The molecule has 0 radical (unpaired) electrons. The van der Waals surface area contributed by atoms with E-state index in [1.54, 1.807) is 0 Å². The third-order valence-electron chi connectivity index (χ3n) is 6.81. The summed E-state index contributed by atoms with van der Waals surface area (Å²) in [6.07, 6.45) is 9.71. The third kappa shape index (κ3) is 4.04. The average molecular weight is 372 g/mol. The summed E-state index contributed by atoms with van der Waals surface area (Å²) in [5.41, 5.74) is 3.80. The lowest BCUT2D eigenvalue weighted by molar-refractivity contribution is -0.125. The second-order valence-corrected chi connectivity index (χ2v) is 8.48. The molecule has 5 nitrogen and oxygen atoms in total. The lowest BCUT2D eigenvalue weighted by Crippen LogP contribution is -2.33. The maximum absolute atomic E-state index is 13.0. The summed E-state index contributed by atoms with van der Waals surface area (Å²) in [6, 6.07) is 2.14. The van der Waals surface area contributed by atoms with Crippen LogP contribution in [0.15, 0.2) is 6.07 Å². The first-order valence-corrected chi connectivity index (χ1v) is 10.8. The van der Waals surface area contributed by atoms with Crippen LogP contribution in [0.3, 0.4) is 0 Å². The normalized spacial score (nSPS) is 22.4. The number of amides is 1. The molecule has 0 aromatic carbocycles. The molecule has 1 saturated carbocycles. The molecule has 3 aliphatic rings. The van der Waals surface area contributed by atoms with Crippen LogP contribution >= 0.6 is 0 Å². The Morgan fingerprint density at radius 3 is 2.85 bits per heavy atom. The number of aromatic nitrogens is 1. The number of nitrogens with one attached hydrogen (secondary N) is 1. The summed E-state index contributed by atoms with van der Waals surface area (Å²) in [7, 11) is 0. The van der Waals surface area contributed by atoms with Gasteiger partial charge in [0.05, 0.1) is 6.61 Å². The molecule has 27 heavy (non-hydrogen) atoms. The standard InChI is InChI=1S/C22H33N3O2/c1-2-22(9-3-4-10-22)21(26)24-20-15-17(18-7-5-8-19(18)23-20)16-25-11-6-13-27-14-12-25/h15H,2-14,16H2,1H3,(H,23,24,26). The lowest BCUT2D eigenvalue weighted by Gasteiger charge is -2.26. The van der Waals surface area contributed by atoms with Crippen molar-refractivity contribution >= 4 is 11.7 Å². The fourth-order valence-corrected chi connectivity index (χ4v) is 5.07. The van der Waals surface area contributed by atoms with Crippen molar-refractivity contribution in [1.82, 2.24) is 9.88 Å². The SMILES string of the molecule is CCC1(C(=O)Nc2cc(CN3CCCOCC3)c3c(n2)CCC3)CCCC1. The van der Waals surface area contributed by atoms with E-state index in [2.05, 4.69) is 23.2 Å². The van der Waals surface area contributed by atoms with Crippen LogP contribution in [0.25, 0.3) is 0 Å². The lowest BCUT2D eigenvalue weighted by atomic mass is 9.82. The number of carbonyl (C=O) groups excluding carboxylic acids is 1. The highest BCUT2D eigenvalue weighted by atomic mass is 16.5. The van der Waals surface area contributed by atoms with Crippen molar-refractivity contribution in [3.8, 4) is 0 Å². The van der Waals surface area contributed by atoms with Crippen LogP contribution in [0.4, 0.5) is 5.82 Å². The molecule has 5 heteroatoms. The Labute approximate surface area is 162 Å². The highest BCUT2D eigenvalue weighted by Gasteiger charge is 2.39. The molecule has 1 aromatic heterocycles. The average Bonchev–Trinajstić information content (AvgIpc) is 3.28. The largest absolute Gasteiger partial charge is 0.380 e. The Hall–Kier alpha value is -1.46. The number of carbonyl (C=O) groups is 1. The first-order valence-electron chi connectivity index (χ1n) is 10.8. The van der Waals surface area contributed by atoms with Crippen LogP contribution in [0.1, 0.15) is 68.7 Å². The molecular formula is C22H33N3O2. The maximum atomic E-state index is 13.0. The highest BCUT2D eigenvalue weighted by molar-refractivity contribution is 5.94. The number of rotatable bonds is 5. The molecule has 1 aromatic rings. The van der Waals surface area contributed by atoms with E-state index >= 15 is 0 Å². The van der Waals surface area contributed by atoms with E-state index < -0.39 is 0 Å². The zero-order chi connectivity index (χ0) is 18.7. The predicted molar refractivity (Wildman–Crippen MR) is 107 cm³/mol. The minimum Gasteiger partial charge on any atom is -0.380 e. The zero-order valence-corrected chi connectivity index (χ0v) is 16.7. The van der Waals surface area contributed by atoms with E-state index in [1.165, 1.54) is 36.1 Å². The third-order valence-corrected chi connectivity index (χ3v) is 6.81. The van der Waals surface area contributed by atoms with Gasteiger partial charge in [-0.1, -0.05) is 19.8 Å². The number of hydrogen-bond acceptors (Lipinski definition) is 4. The molecular weight excluding hydrogens is 338 g/mol. The number of pyridine rings is 1. The quantitative estimate of drug-likeness (QED) is 0.857. The van der Waals surface area contributed by atoms with Crippen LogP contribution in [0, 0.1) is 5.41 Å². The van der Waals surface area contributed by atoms with Crippen molar-refractivity contribution in [3.05, 3.63) is 22.9 Å². The summed E-state index contributed by atoms with van der Waals surface area (Å²) in [4.78, 5) is 20.3. The van der Waals surface area contributed by atoms with Gasteiger partial charge in [-0.05, 0) is 62.1 Å². The molecule has 1 aliphatic heterocycles. The topological polar surface area (TPSA) is 54.5 Å². The molecule has 1 N–H and O–H groups in total. The van der Waals surface area contributed by atoms with Crippen LogP contribution in [-0.2, 0) is 28.9 Å². The summed E-state index contributed by atoms with van der Waals surface area (Å²) in [5.74, 6) is 0.948. The second kappa shape index (κ2) is 8.27. The van der Waals surface area contributed by atoms with Crippen molar-refractivity contribution in [2.45, 2.75) is 71.3 Å². The molecule has 0 spiro atoms. The molecule has 2 fully saturated rings. The predicted octanol–water partition coefficient (Wildman–Crippen LogP) is 3.70. The fourth-order valence-electron chi connectivity index (χ4n) is 5.07. The van der Waals surface area contributed by atoms with E-state index in [1.807, 2.05) is 0 Å². The van der Waals surface area contributed by atoms with Gasteiger partial charge in [0.25, 0.3) is 0 Å². The molecule has 0 unspecified atom stereocenters. The van der Waals surface area contributed by atoms with Gasteiger partial charge >= 0.3 is 0 Å². The Morgan fingerprint density at radius 1 is 1.19 bits per heavy atom. The van der Waals surface area contributed by atoms with Gasteiger partial charge in [0.15, 0.2) is 0 Å². The Balaban J connectivity index is 1.54. The molecule has 2 aliphatic carbocycles. The summed E-state index contributed by atoms with van der Waals surface area (Å²) in [5, 5.41) is 3.20. The minimum atomic E-state index is -0.178. The van der Waals surface area contributed by atoms with Gasteiger partial charge in [0, 0.05) is 37.4 Å². The van der Waals surface area contributed by atoms with E-state index in [-0.39, 0.29) is 11.3 Å². The van der Waals surface area contributed by atoms with Gasteiger partial charge in [-0.25, -0.2) is 4.98 Å². The molecule has 1 saturated heterocycles. The van der Waals surface area contributed by atoms with Crippen molar-refractivity contribution in [2.75, 3.05) is 31.6 Å². The van der Waals surface area contributed by atoms with E-state index in [0.29, 0.717) is 0 Å². The van der Waals surface area contributed by atoms with Crippen LogP contribution in [0.2, 0.25) is 0 Å². The van der Waals surface area contributed by atoms with E-state index in [4.69, 9.17) is 9.72 Å². The summed E-state index contributed by atoms with van der Waals surface area (Å²) in [6.45, 7) is 6.83. The fraction of sp³-hybridized carbons (Fsp3) is 0.727. The molecule has 0 bridgehead atoms. The molecule has 2 heterocycles. The van der Waals surface area contributed by atoms with Crippen molar-refractivity contribution in [2.24, 2.45) is 5.41 Å². The van der Waals surface area contributed by atoms with Gasteiger partial charge in [0.2, 0.25) is 5.91 Å². The smallest absolute Gasteiger partial charge is 0.231 e. The molecule has 4 rings (SSSR count). The summed E-state index contributed by atoms with van der Waals surface area (Å²) >= 11 is 0. The molecule has 1 amide bonds. The van der Waals surface area contributed by atoms with Crippen LogP contribution < -0.4 is 5.32 Å². The van der Waals surface area contributed by atoms with Crippen molar-refractivity contribution in [3.63, 3.8) is 0 Å². The van der Waals surface area contributed by atoms with E-state index in [0.717, 1.165) is 77.2 Å². The van der Waals surface area contributed by atoms with Crippen molar-refractivity contribution in [1.29, 1.82) is 0 Å². The number of ether oxygens (including phenoxy) is 1. The summed E-state index contributed by atoms with van der Waals surface area (Å²) < 4.78 is 5.60. The Kier molecular flexibility index (Phi) is 5.79. The Bertz CT molecular complexity index is 674. The van der Waals surface area contributed by atoms with Gasteiger partial charge in [-0.2, -0.15) is 0 Å². The molecule has 148 valence electrons. The number of aryl methyl sites for hydroxylation is 1. The second-order valence-electron chi connectivity index (χ2n) is 8.48. The van der Waals surface area contributed by atoms with Crippen LogP contribution in [-0.4, -0.2) is 42.1 Å². The number of nitrogens with zero attached hydrogens (tertiary/aromatic N) is 2. The van der Waals surface area contributed by atoms with Gasteiger partial charge in [0.1, 0.15) is 5.82 Å². The zero-order valence-electron chi connectivity index (χ0n) is 16.7. The first-order chi connectivity index (χ1) is 13.2. The van der Waals surface area contributed by atoms with Gasteiger partial charge in [-0.15, -0.1) is 0 Å². The van der Waals surface area contributed by atoms with Gasteiger partial charge in [-0.3, -0.25) is 9.69 Å². The minimum absolute atomic E-state index is 0.178. The first kappa shape index (κ1) is 18.9. The van der Waals surface area contributed by atoms with Crippen LogP contribution in [0.5, 0.6) is 0 Å². The highest BCUT2D eigenvalue weighted by Crippen LogP contribution is 2.42. The molecule has 0 atom stereocenters. The number of hydrogen-bond donors (Lipinski definition) is 1. The Morgan fingerprint density at radius 2 is 2.04 bits per heavy atom. The van der Waals surface area contributed by atoms with Gasteiger partial charge < -0.3 is 10.1 Å².